The summed E-state index contributed by atoms with van der Waals surface area (Å²) >= 11 is 0. The van der Waals surface area contributed by atoms with E-state index in [-0.39, 0.29) is 18.6 Å². The van der Waals surface area contributed by atoms with Gasteiger partial charge in [0.15, 0.2) is 5.82 Å². The van der Waals surface area contributed by atoms with Crippen LogP contribution in [0, 0.1) is 13.8 Å². The fourth-order valence-corrected chi connectivity index (χ4v) is 3.09. The molecule has 25 heavy (non-hydrogen) atoms. The molecule has 1 unspecified atom stereocenters. The second-order valence-electron chi connectivity index (χ2n) is 6.22. The van der Waals surface area contributed by atoms with Crippen LogP contribution in [0.4, 0.5) is 11.6 Å². The minimum absolute atomic E-state index is 0.0232. The highest BCUT2D eigenvalue weighted by Crippen LogP contribution is 2.31. The molecule has 3 heterocycles. The number of rotatable bonds is 5. The van der Waals surface area contributed by atoms with Crippen molar-refractivity contribution in [2.45, 2.75) is 32.7 Å². The lowest BCUT2D eigenvalue weighted by Gasteiger charge is -2.24. The molecule has 1 aliphatic rings. The number of aryl methyl sites for hydroxylation is 2. The summed E-state index contributed by atoms with van der Waals surface area (Å²) in [6.45, 7) is 4.67. The topological polar surface area (TPSA) is 80.2 Å². The molecule has 7 nitrogen and oxygen atoms in total. The Hall–Kier alpha value is -2.54. The van der Waals surface area contributed by atoms with E-state index >= 15 is 0 Å². The Morgan fingerprint density at radius 2 is 2.08 bits per heavy atom. The van der Waals surface area contributed by atoms with Gasteiger partial charge in [-0.2, -0.15) is 0 Å². The summed E-state index contributed by atoms with van der Waals surface area (Å²) in [5.41, 5.74) is 1.79. The normalized spacial score (nSPS) is 16.9. The van der Waals surface area contributed by atoms with Crippen LogP contribution in [-0.2, 0) is 9.53 Å². The lowest BCUT2D eigenvalue weighted by Crippen LogP contribution is -2.34. The number of pyridine rings is 1. The van der Waals surface area contributed by atoms with Gasteiger partial charge in [0.1, 0.15) is 18.2 Å². The van der Waals surface area contributed by atoms with Crippen LogP contribution in [0.25, 0.3) is 0 Å². The molecule has 132 valence electrons. The van der Waals surface area contributed by atoms with Gasteiger partial charge in [0.05, 0.1) is 6.04 Å². The first-order valence-corrected chi connectivity index (χ1v) is 8.41. The van der Waals surface area contributed by atoms with E-state index in [1.807, 2.05) is 43.0 Å². The molecule has 3 rings (SSSR count). The highest BCUT2D eigenvalue weighted by Gasteiger charge is 2.32. The number of nitrogens with one attached hydrogen (secondary N) is 1. The van der Waals surface area contributed by atoms with E-state index in [9.17, 15) is 4.79 Å². The van der Waals surface area contributed by atoms with Crippen LogP contribution < -0.4 is 5.32 Å². The van der Waals surface area contributed by atoms with E-state index in [1.165, 1.54) is 7.11 Å². The van der Waals surface area contributed by atoms with Gasteiger partial charge in [-0.25, -0.2) is 15.0 Å². The summed E-state index contributed by atoms with van der Waals surface area (Å²) in [7, 11) is 1.53. The van der Waals surface area contributed by atoms with Gasteiger partial charge in [-0.1, -0.05) is 6.07 Å². The molecule has 1 amide bonds. The molecule has 1 aliphatic heterocycles. The fraction of sp³-hybridized carbons (Fsp3) is 0.444. The van der Waals surface area contributed by atoms with Crippen molar-refractivity contribution < 1.29 is 9.53 Å². The molecule has 2 aromatic rings. The number of amides is 1. The Balaban J connectivity index is 1.85. The maximum atomic E-state index is 12.2. The van der Waals surface area contributed by atoms with Crippen molar-refractivity contribution in [1.82, 2.24) is 19.9 Å². The average molecular weight is 341 g/mol. The number of hydrogen-bond donors (Lipinski definition) is 1. The molecule has 0 aromatic carbocycles. The molecule has 0 bridgehead atoms. The smallest absolute Gasteiger partial charge is 0.249 e. The Labute approximate surface area is 147 Å². The number of anilines is 2. The average Bonchev–Trinajstić information content (AvgIpc) is 3.04. The summed E-state index contributed by atoms with van der Waals surface area (Å²) in [5.74, 6) is 2.07. The SMILES string of the molecule is COCC(=O)N1CCCC1c1nc(C)cc(Nc2cccc(C)n2)n1. The van der Waals surface area contributed by atoms with Gasteiger partial charge in [0.2, 0.25) is 5.91 Å². The number of likely N-dealkylation sites (tertiary alicyclic amines) is 1. The number of carbonyl (C=O) groups excluding carboxylic acids is 1. The van der Waals surface area contributed by atoms with Crippen LogP contribution in [0.5, 0.6) is 0 Å². The predicted octanol–water partition coefficient (Wildman–Crippen LogP) is 2.54. The standard InChI is InChI=1S/C18H23N5O2/c1-12-6-4-8-15(19-12)21-16-10-13(2)20-18(22-16)14-7-5-9-23(14)17(24)11-25-3/h4,6,8,10,14H,5,7,9,11H2,1-3H3,(H,19,20,21,22). The van der Waals surface area contributed by atoms with Crippen LogP contribution in [-0.4, -0.2) is 46.0 Å². The monoisotopic (exact) mass is 341 g/mol. The number of aromatic nitrogens is 3. The van der Waals surface area contributed by atoms with E-state index in [0.29, 0.717) is 18.2 Å². The van der Waals surface area contributed by atoms with Crippen molar-refractivity contribution in [3.8, 4) is 0 Å². The van der Waals surface area contributed by atoms with Crippen LogP contribution >= 0.6 is 0 Å². The number of hydrogen-bond acceptors (Lipinski definition) is 6. The van der Waals surface area contributed by atoms with Gasteiger partial charge in [-0.3, -0.25) is 4.79 Å². The maximum Gasteiger partial charge on any atom is 0.249 e. The second kappa shape index (κ2) is 7.57. The first-order valence-electron chi connectivity index (χ1n) is 8.41. The van der Waals surface area contributed by atoms with Gasteiger partial charge in [-0.15, -0.1) is 0 Å². The van der Waals surface area contributed by atoms with E-state index in [2.05, 4.69) is 20.3 Å². The quantitative estimate of drug-likeness (QED) is 0.900. The van der Waals surface area contributed by atoms with Crippen molar-refractivity contribution in [2.75, 3.05) is 25.6 Å². The first-order chi connectivity index (χ1) is 12.1. The molecule has 7 heteroatoms. The molecular formula is C18H23N5O2. The van der Waals surface area contributed by atoms with Gasteiger partial charge < -0.3 is 15.0 Å². The number of methoxy groups -OCH3 is 1. The van der Waals surface area contributed by atoms with E-state index < -0.39 is 0 Å². The highest BCUT2D eigenvalue weighted by molar-refractivity contribution is 5.78. The maximum absolute atomic E-state index is 12.2. The molecule has 1 atom stereocenters. The number of nitrogens with zero attached hydrogens (tertiary/aromatic N) is 4. The van der Waals surface area contributed by atoms with Crippen molar-refractivity contribution >= 4 is 17.5 Å². The molecule has 1 saturated heterocycles. The number of ether oxygens (including phenoxy) is 1. The molecule has 0 aliphatic carbocycles. The Morgan fingerprint density at radius 3 is 2.84 bits per heavy atom. The highest BCUT2D eigenvalue weighted by atomic mass is 16.5. The largest absolute Gasteiger partial charge is 0.375 e. The second-order valence-corrected chi connectivity index (χ2v) is 6.22. The lowest BCUT2D eigenvalue weighted by molar-refractivity contribution is -0.136. The molecular weight excluding hydrogens is 318 g/mol. The van der Waals surface area contributed by atoms with Crippen molar-refractivity contribution in [2.24, 2.45) is 0 Å². The van der Waals surface area contributed by atoms with Crippen LogP contribution in [0.1, 0.15) is 36.1 Å². The molecule has 0 radical (unpaired) electrons. The first kappa shape index (κ1) is 17.3. The summed E-state index contributed by atoms with van der Waals surface area (Å²) in [6.07, 6.45) is 1.81. The Kier molecular flexibility index (Phi) is 5.23. The molecule has 1 N–H and O–H groups in total. The molecule has 0 saturated carbocycles. The van der Waals surface area contributed by atoms with E-state index in [0.717, 1.165) is 30.0 Å². The third-order valence-corrected chi connectivity index (χ3v) is 4.15. The summed E-state index contributed by atoms with van der Waals surface area (Å²) < 4.78 is 4.99. The van der Waals surface area contributed by atoms with E-state index in [4.69, 9.17) is 4.74 Å². The minimum Gasteiger partial charge on any atom is -0.375 e. The van der Waals surface area contributed by atoms with Crippen molar-refractivity contribution in [3.05, 3.63) is 41.5 Å². The number of carbonyl (C=O) groups is 1. The van der Waals surface area contributed by atoms with Gasteiger partial charge in [0, 0.05) is 31.1 Å². The molecule has 2 aromatic heterocycles. The van der Waals surface area contributed by atoms with Gasteiger partial charge >= 0.3 is 0 Å². The zero-order chi connectivity index (χ0) is 17.8. The van der Waals surface area contributed by atoms with E-state index in [1.54, 1.807) is 0 Å². The van der Waals surface area contributed by atoms with Crippen LogP contribution in [0.2, 0.25) is 0 Å². The van der Waals surface area contributed by atoms with Crippen LogP contribution in [0.15, 0.2) is 24.3 Å². The minimum atomic E-state index is -0.103. The zero-order valence-electron chi connectivity index (χ0n) is 14.8. The van der Waals surface area contributed by atoms with Gasteiger partial charge in [0.25, 0.3) is 0 Å². The Bertz CT molecular complexity index is 765. The molecule has 0 spiro atoms. The Morgan fingerprint density at radius 1 is 1.24 bits per heavy atom. The van der Waals surface area contributed by atoms with Crippen molar-refractivity contribution in [1.29, 1.82) is 0 Å². The van der Waals surface area contributed by atoms with Crippen molar-refractivity contribution in [3.63, 3.8) is 0 Å². The summed E-state index contributed by atoms with van der Waals surface area (Å²) in [6, 6.07) is 7.56. The third-order valence-electron chi connectivity index (χ3n) is 4.15. The van der Waals surface area contributed by atoms with Gasteiger partial charge in [-0.05, 0) is 38.8 Å². The summed E-state index contributed by atoms with van der Waals surface area (Å²) in [5, 5.41) is 3.23. The molecule has 1 fully saturated rings. The zero-order valence-corrected chi connectivity index (χ0v) is 14.8. The fourth-order valence-electron chi connectivity index (χ4n) is 3.09. The predicted molar refractivity (Wildman–Crippen MR) is 94.6 cm³/mol. The van der Waals surface area contributed by atoms with Crippen LogP contribution in [0.3, 0.4) is 0 Å². The third kappa shape index (κ3) is 4.11. The summed E-state index contributed by atoms with van der Waals surface area (Å²) in [4.78, 5) is 27.7. The lowest BCUT2D eigenvalue weighted by atomic mass is 10.2.